The number of imidazole rings is 1. The summed E-state index contributed by atoms with van der Waals surface area (Å²) in [6.45, 7) is 4.17. The summed E-state index contributed by atoms with van der Waals surface area (Å²) in [4.78, 5) is 7.40. The van der Waals surface area contributed by atoms with Crippen LogP contribution in [0.4, 0.5) is 0 Å². The SMILES string of the molecule is CCc1[nH]c(Cl)nc1-c1ccccc1C. The Morgan fingerprint density at radius 3 is 2.73 bits per heavy atom. The second kappa shape index (κ2) is 4.07. The zero-order valence-electron chi connectivity index (χ0n) is 8.84. The molecule has 0 fully saturated rings. The van der Waals surface area contributed by atoms with Gasteiger partial charge in [0.2, 0.25) is 5.28 Å². The first-order valence-corrected chi connectivity index (χ1v) is 5.40. The molecule has 0 aliphatic heterocycles. The first-order valence-electron chi connectivity index (χ1n) is 5.02. The fourth-order valence-electron chi connectivity index (χ4n) is 1.69. The molecule has 3 heteroatoms. The summed E-state index contributed by atoms with van der Waals surface area (Å²) in [7, 11) is 0. The topological polar surface area (TPSA) is 28.7 Å². The van der Waals surface area contributed by atoms with Gasteiger partial charge in [-0.2, -0.15) is 0 Å². The van der Waals surface area contributed by atoms with Crippen LogP contribution in [0.2, 0.25) is 5.28 Å². The van der Waals surface area contributed by atoms with Crippen molar-refractivity contribution in [3.05, 3.63) is 40.8 Å². The van der Waals surface area contributed by atoms with E-state index in [1.807, 2.05) is 12.1 Å². The Morgan fingerprint density at radius 1 is 1.33 bits per heavy atom. The summed E-state index contributed by atoms with van der Waals surface area (Å²) in [5.74, 6) is 0. The van der Waals surface area contributed by atoms with Crippen molar-refractivity contribution in [2.24, 2.45) is 0 Å². The van der Waals surface area contributed by atoms with Crippen LogP contribution in [0, 0.1) is 6.92 Å². The van der Waals surface area contributed by atoms with Crippen LogP contribution < -0.4 is 0 Å². The summed E-state index contributed by atoms with van der Waals surface area (Å²) < 4.78 is 0. The monoisotopic (exact) mass is 220 g/mol. The molecule has 0 saturated carbocycles. The first-order chi connectivity index (χ1) is 7.22. The molecular formula is C12H13ClN2. The number of nitrogens with one attached hydrogen (secondary N) is 1. The molecule has 0 spiro atoms. The van der Waals surface area contributed by atoms with Gasteiger partial charge in [-0.15, -0.1) is 0 Å². The van der Waals surface area contributed by atoms with E-state index in [-0.39, 0.29) is 0 Å². The number of hydrogen-bond acceptors (Lipinski definition) is 1. The van der Waals surface area contributed by atoms with Crippen LogP contribution in [0.1, 0.15) is 18.2 Å². The maximum absolute atomic E-state index is 5.88. The van der Waals surface area contributed by atoms with Crippen LogP contribution in [0.15, 0.2) is 24.3 Å². The third-order valence-electron chi connectivity index (χ3n) is 2.50. The average molecular weight is 221 g/mol. The van der Waals surface area contributed by atoms with E-state index in [2.05, 4.69) is 35.9 Å². The number of aryl methyl sites for hydroxylation is 2. The second-order valence-corrected chi connectivity index (χ2v) is 3.88. The van der Waals surface area contributed by atoms with E-state index < -0.39 is 0 Å². The van der Waals surface area contributed by atoms with E-state index in [4.69, 9.17) is 11.6 Å². The molecule has 0 saturated heterocycles. The lowest BCUT2D eigenvalue weighted by Crippen LogP contribution is -1.88. The number of nitrogens with zero attached hydrogens (tertiary/aromatic N) is 1. The van der Waals surface area contributed by atoms with Gasteiger partial charge in [-0.3, -0.25) is 0 Å². The summed E-state index contributed by atoms with van der Waals surface area (Å²) in [5.41, 5.74) is 4.43. The van der Waals surface area contributed by atoms with E-state index in [0.717, 1.165) is 23.4 Å². The average Bonchev–Trinajstić information content (AvgIpc) is 2.60. The minimum Gasteiger partial charge on any atom is -0.332 e. The molecule has 2 nitrogen and oxygen atoms in total. The van der Waals surface area contributed by atoms with Gasteiger partial charge in [-0.05, 0) is 30.5 Å². The van der Waals surface area contributed by atoms with E-state index in [1.165, 1.54) is 5.56 Å². The highest BCUT2D eigenvalue weighted by atomic mass is 35.5. The Hall–Kier alpha value is -1.28. The normalized spacial score (nSPS) is 10.6. The van der Waals surface area contributed by atoms with Gasteiger partial charge in [0, 0.05) is 11.3 Å². The van der Waals surface area contributed by atoms with E-state index in [1.54, 1.807) is 0 Å². The van der Waals surface area contributed by atoms with E-state index in [0.29, 0.717) is 5.28 Å². The number of hydrogen-bond donors (Lipinski definition) is 1. The lowest BCUT2D eigenvalue weighted by atomic mass is 10.0. The quantitative estimate of drug-likeness (QED) is 0.823. The number of aromatic amines is 1. The number of halogens is 1. The highest BCUT2D eigenvalue weighted by Gasteiger charge is 2.10. The summed E-state index contributed by atoms with van der Waals surface area (Å²) in [6, 6.07) is 8.20. The number of aromatic nitrogens is 2. The second-order valence-electron chi connectivity index (χ2n) is 3.52. The van der Waals surface area contributed by atoms with E-state index in [9.17, 15) is 0 Å². The Bertz CT molecular complexity index is 474. The van der Waals surface area contributed by atoms with Gasteiger partial charge >= 0.3 is 0 Å². The van der Waals surface area contributed by atoms with Crippen molar-refractivity contribution >= 4 is 11.6 Å². The predicted octanol–water partition coefficient (Wildman–Crippen LogP) is 3.60. The summed E-state index contributed by atoms with van der Waals surface area (Å²) in [6.07, 6.45) is 0.906. The highest BCUT2D eigenvalue weighted by Crippen LogP contribution is 2.26. The zero-order valence-corrected chi connectivity index (χ0v) is 9.60. The molecule has 0 aliphatic carbocycles. The van der Waals surface area contributed by atoms with Crippen LogP contribution >= 0.6 is 11.6 Å². The molecule has 2 rings (SSSR count). The van der Waals surface area contributed by atoms with Crippen molar-refractivity contribution in [3.63, 3.8) is 0 Å². The molecule has 1 heterocycles. The number of H-pyrrole nitrogens is 1. The molecule has 78 valence electrons. The first kappa shape index (κ1) is 10.2. The van der Waals surface area contributed by atoms with Crippen molar-refractivity contribution in [1.29, 1.82) is 0 Å². The molecule has 1 aromatic carbocycles. The molecule has 0 amide bonds. The predicted molar refractivity (Wildman–Crippen MR) is 63.1 cm³/mol. The molecule has 0 bridgehead atoms. The van der Waals surface area contributed by atoms with Gasteiger partial charge in [0.05, 0.1) is 5.69 Å². The minimum atomic E-state index is 0.463. The molecule has 2 aromatic rings. The molecule has 0 atom stereocenters. The third-order valence-corrected chi connectivity index (χ3v) is 2.68. The molecule has 1 N–H and O–H groups in total. The van der Waals surface area contributed by atoms with Crippen molar-refractivity contribution in [2.75, 3.05) is 0 Å². The largest absolute Gasteiger partial charge is 0.332 e. The Morgan fingerprint density at radius 2 is 2.07 bits per heavy atom. The highest BCUT2D eigenvalue weighted by molar-refractivity contribution is 6.28. The van der Waals surface area contributed by atoms with Crippen LogP contribution in [-0.2, 0) is 6.42 Å². The third kappa shape index (κ3) is 1.90. The van der Waals surface area contributed by atoms with Gasteiger partial charge in [0.25, 0.3) is 0 Å². The Kier molecular flexibility index (Phi) is 2.78. The van der Waals surface area contributed by atoms with Gasteiger partial charge in [0.1, 0.15) is 0 Å². The fraction of sp³-hybridized carbons (Fsp3) is 0.250. The van der Waals surface area contributed by atoms with Gasteiger partial charge in [-0.25, -0.2) is 4.98 Å². The van der Waals surface area contributed by atoms with Crippen LogP contribution in [0.25, 0.3) is 11.3 Å². The van der Waals surface area contributed by atoms with Gasteiger partial charge in [0.15, 0.2) is 0 Å². The fourth-order valence-corrected chi connectivity index (χ4v) is 1.89. The van der Waals surface area contributed by atoms with Gasteiger partial charge in [-0.1, -0.05) is 31.2 Å². The van der Waals surface area contributed by atoms with E-state index >= 15 is 0 Å². The van der Waals surface area contributed by atoms with Crippen LogP contribution in [0.3, 0.4) is 0 Å². The lowest BCUT2D eigenvalue weighted by molar-refractivity contribution is 1.07. The summed E-state index contributed by atoms with van der Waals surface area (Å²) >= 11 is 5.88. The van der Waals surface area contributed by atoms with Crippen molar-refractivity contribution < 1.29 is 0 Å². The Balaban J connectivity index is 2.58. The Labute approximate surface area is 94.3 Å². The summed E-state index contributed by atoms with van der Waals surface area (Å²) in [5, 5.41) is 0.463. The smallest absolute Gasteiger partial charge is 0.200 e. The maximum Gasteiger partial charge on any atom is 0.200 e. The number of benzene rings is 1. The molecule has 1 aromatic heterocycles. The van der Waals surface area contributed by atoms with Crippen molar-refractivity contribution in [1.82, 2.24) is 9.97 Å². The lowest BCUT2D eigenvalue weighted by Gasteiger charge is -2.03. The van der Waals surface area contributed by atoms with Crippen molar-refractivity contribution in [2.45, 2.75) is 20.3 Å². The standard InChI is InChI=1S/C12H13ClN2/c1-3-10-11(15-12(13)14-10)9-7-5-4-6-8(9)2/h4-7H,3H2,1-2H3,(H,14,15). The molecule has 0 aliphatic rings. The van der Waals surface area contributed by atoms with Crippen molar-refractivity contribution in [3.8, 4) is 11.3 Å². The van der Waals surface area contributed by atoms with Gasteiger partial charge < -0.3 is 4.98 Å². The molecule has 0 unspecified atom stereocenters. The minimum absolute atomic E-state index is 0.463. The van der Waals surface area contributed by atoms with Crippen LogP contribution in [0.5, 0.6) is 0 Å². The molecule has 0 radical (unpaired) electrons. The number of rotatable bonds is 2. The maximum atomic E-state index is 5.88. The molecule has 15 heavy (non-hydrogen) atoms. The van der Waals surface area contributed by atoms with Crippen LogP contribution in [-0.4, -0.2) is 9.97 Å². The molecular weight excluding hydrogens is 208 g/mol. The zero-order chi connectivity index (χ0) is 10.8.